The minimum absolute atomic E-state index is 0.0982. The van der Waals surface area contributed by atoms with Gasteiger partial charge in [0.15, 0.2) is 0 Å². The Labute approximate surface area is 112 Å². The molecule has 8 heteroatoms. The number of pyridine rings is 1. The van der Waals surface area contributed by atoms with Gasteiger partial charge in [0.05, 0.1) is 12.3 Å². The SMILES string of the molecule is COCCN(C)S(=O)(=O)c1ccc(C(N)=S)nc1. The maximum atomic E-state index is 12.1. The molecule has 1 heterocycles. The number of nitrogens with zero attached hydrogens (tertiary/aromatic N) is 2. The first kappa shape index (κ1) is 15.0. The Hall–Kier alpha value is -1.09. The Morgan fingerprint density at radius 3 is 2.67 bits per heavy atom. The minimum atomic E-state index is -3.55. The average Bonchev–Trinajstić information content (AvgIpc) is 2.35. The van der Waals surface area contributed by atoms with Gasteiger partial charge in [-0.25, -0.2) is 8.42 Å². The van der Waals surface area contributed by atoms with Crippen molar-refractivity contribution < 1.29 is 13.2 Å². The van der Waals surface area contributed by atoms with Gasteiger partial charge in [-0.2, -0.15) is 4.31 Å². The van der Waals surface area contributed by atoms with Crippen molar-refractivity contribution in [3.63, 3.8) is 0 Å². The van der Waals surface area contributed by atoms with E-state index in [4.69, 9.17) is 22.7 Å². The largest absolute Gasteiger partial charge is 0.388 e. The summed E-state index contributed by atoms with van der Waals surface area (Å²) in [6, 6.07) is 2.92. The van der Waals surface area contributed by atoms with Crippen molar-refractivity contribution in [2.75, 3.05) is 27.3 Å². The van der Waals surface area contributed by atoms with E-state index in [0.29, 0.717) is 12.3 Å². The van der Waals surface area contributed by atoms with Gasteiger partial charge in [0.2, 0.25) is 10.0 Å². The van der Waals surface area contributed by atoms with Gasteiger partial charge >= 0.3 is 0 Å². The third-order valence-corrected chi connectivity index (χ3v) is 4.36. The van der Waals surface area contributed by atoms with Crippen molar-refractivity contribution in [3.05, 3.63) is 24.0 Å². The summed E-state index contributed by atoms with van der Waals surface area (Å²) in [5.41, 5.74) is 5.78. The zero-order valence-electron chi connectivity index (χ0n) is 10.2. The fourth-order valence-electron chi connectivity index (χ4n) is 1.20. The highest BCUT2D eigenvalue weighted by Gasteiger charge is 2.20. The molecular formula is C10H15N3O3S2. The van der Waals surface area contributed by atoms with Crippen LogP contribution in [0.15, 0.2) is 23.2 Å². The first-order chi connectivity index (χ1) is 8.39. The Kier molecular flexibility index (Phi) is 5.15. The lowest BCUT2D eigenvalue weighted by molar-refractivity contribution is 0.185. The van der Waals surface area contributed by atoms with E-state index in [1.165, 1.54) is 36.8 Å². The number of nitrogens with two attached hydrogens (primary N) is 1. The second kappa shape index (κ2) is 6.19. The van der Waals surface area contributed by atoms with Crippen LogP contribution in [0.4, 0.5) is 0 Å². The summed E-state index contributed by atoms with van der Waals surface area (Å²) in [7, 11) is -0.552. The van der Waals surface area contributed by atoms with E-state index in [1.807, 2.05) is 0 Å². The molecule has 6 nitrogen and oxygen atoms in total. The number of aromatic nitrogens is 1. The molecular weight excluding hydrogens is 274 g/mol. The van der Waals surface area contributed by atoms with Crippen molar-refractivity contribution in [3.8, 4) is 0 Å². The van der Waals surface area contributed by atoms with Gasteiger partial charge in [-0.15, -0.1) is 0 Å². The quantitative estimate of drug-likeness (QED) is 0.741. The summed E-state index contributed by atoms with van der Waals surface area (Å²) in [6.07, 6.45) is 1.24. The van der Waals surface area contributed by atoms with E-state index in [0.717, 1.165) is 0 Å². The van der Waals surface area contributed by atoms with Crippen LogP contribution >= 0.6 is 12.2 Å². The Balaban J connectivity index is 2.94. The van der Waals surface area contributed by atoms with Crippen LogP contribution in [-0.4, -0.2) is 50.0 Å². The van der Waals surface area contributed by atoms with E-state index in [2.05, 4.69) is 4.98 Å². The number of hydrogen-bond donors (Lipinski definition) is 1. The van der Waals surface area contributed by atoms with Crippen LogP contribution in [0.3, 0.4) is 0 Å². The second-order valence-corrected chi connectivity index (χ2v) is 6.05. The maximum Gasteiger partial charge on any atom is 0.244 e. The van der Waals surface area contributed by atoms with Gasteiger partial charge in [0.25, 0.3) is 0 Å². The number of hydrogen-bond acceptors (Lipinski definition) is 5. The van der Waals surface area contributed by atoms with E-state index in [-0.39, 0.29) is 16.4 Å². The summed E-state index contributed by atoms with van der Waals surface area (Å²) >= 11 is 4.75. The van der Waals surface area contributed by atoms with Crippen LogP contribution in [-0.2, 0) is 14.8 Å². The Bertz CT molecular complexity index is 514. The van der Waals surface area contributed by atoms with Crippen LogP contribution < -0.4 is 5.73 Å². The molecule has 0 aliphatic heterocycles. The Morgan fingerprint density at radius 2 is 2.22 bits per heavy atom. The Morgan fingerprint density at radius 1 is 1.56 bits per heavy atom. The third-order valence-electron chi connectivity index (χ3n) is 2.31. The average molecular weight is 289 g/mol. The van der Waals surface area contributed by atoms with Gasteiger partial charge < -0.3 is 10.5 Å². The van der Waals surface area contributed by atoms with Crippen molar-refractivity contribution in [1.29, 1.82) is 0 Å². The van der Waals surface area contributed by atoms with Gasteiger partial charge in [0.1, 0.15) is 9.88 Å². The van der Waals surface area contributed by atoms with Gasteiger partial charge in [-0.3, -0.25) is 4.98 Å². The summed E-state index contributed by atoms with van der Waals surface area (Å²) < 4.78 is 30.2. The normalized spacial score (nSPS) is 11.7. The molecule has 0 saturated carbocycles. The lowest BCUT2D eigenvalue weighted by atomic mass is 10.3. The molecule has 0 saturated heterocycles. The standard InChI is InChI=1S/C10H15N3O3S2/c1-13(5-6-16-2)18(14,15)8-3-4-9(10(11)17)12-7-8/h3-4,7H,5-6H2,1-2H3,(H2,11,17). The predicted octanol–water partition coefficient (Wildman–Crippen LogP) is -0.0173. The highest BCUT2D eigenvalue weighted by molar-refractivity contribution is 7.89. The molecule has 0 atom stereocenters. The number of ether oxygens (including phenoxy) is 1. The minimum Gasteiger partial charge on any atom is -0.388 e. The fraction of sp³-hybridized carbons (Fsp3) is 0.400. The van der Waals surface area contributed by atoms with Crippen molar-refractivity contribution in [1.82, 2.24) is 9.29 Å². The lowest BCUT2D eigenvalue weighted by Crippen LogP contribution is -2.30. The molecule has 0 amide bonds. The number of thiocarbonyl (C=S) groups is 1. The van der Waals surface area contributed by atoms with Crippen molar-refractivity contribution >= 4 is 27.2 Å². The van der Waals surface area contributed by atoms with E-state index < -0.39 is 10.0 Å². The smallest absolute Gasteiger partial charge is 0.244 e. The van der Waals surface area contributed by atoms with Crippen molar-refractivity contribution in [2.45, 2.75) is 4.90 Å². The van der Waals surface area contributed by atoms with E-state index >= 15 is 0 Å². The van der Waals surface area contributed by atoms with Gasteiger partial charge in [0, 0.05) is 26.9 Å². The third kappa shape index (κ3) is 3.45. The van der Waals surface area contributed by atoms with Crippen LogP contribution in [0.25, 0.3) is 0 Å². The van der Waals surface area contributed by atoms with E-state index in [1.54, 1.807) is 0 Å². The number of likely N-dealkylation sites (N-methyl/N-ethyl adjacent to an activating group) is 1. The van der Waals surface area contributed by atoms with E-state index in [9.17, 15) is 8.42 Å². The molecule has 1 aromatic rings. The first-order valence-electron chi connectivity index (χ1n) is 5.10. The molecule has 0 fully saturated rings. The monoisotopic (exact) mass is 289 g/mol. The molecule has 2 N–H and O–H groups in total. The number of methoxy groups -OCH3 is 1. The number of sulfonamides is 1. The molecule has 0 aliphatic carbocycles. The molecule has 0 aromatic carbocycles. The first-order valence-corrected chi connectivity index (χ1v) is 6.95. The molecule has 1 rings (SSSR count). The summed E-state index contributed by atoms with van der Waals surface area (Å²) in [6.45, 7) is 0.601. The fourth-order valence-corrected chi connectivity index (χ4v) is 2.42. The predicted molar refractivity (Wildman–Crippen MR) is 71.8 cm³/mol. The van der Waals surface area contributed by atoms with Gasteiger partial charge in [-0.1, -0.05) is 12.2 Å². The highest BCUT2D eigenvalue weighted by atomic mass is 32.2. The molecule has 100 valence electrons. The summed E-state index contributed by atoms with van der Waals surface area (Å²) in [5.74, 6) is 0. The molecule has 0 unspecified atom stereocenters. The van der Waals surface area contributed by atoms with Crippen LogP contribution in [0.2, 0.25) is 0 Å². The maximum absolute atomic E-state index is 12.1. The van der Waals surface area contributed by atoms with Gasteiger partial charge in [-0.05, 0) is 12.1 Å². The second-order valence-electron chi connectivity index (χ2n) is 3.56. The summed E-state index contributed by atoms with van der Waals surface area (Å²) in [5, 5.41) is 0. The van der Waals surface area contributed by atoms with Crippen LogP contribution in [0, 0.1) is 0 Å². The van der Waals surface area contributed by atoms with Crippen molar-refractivity contribution in [2.24, 2.45) is 5.73 Å². The molecule has 0 spiro atoms. The lowest BCUT2D eigenvalue weighted by Gasteiger charge is -2.16. The zero-order chi connectivity index (χ0) is 13.8. The zero-order valence-corrected chi connectivity index (χ0v) is 11.8. The van der Waals surface area contributed by atoms with Crippen LogP contribution in [0.5, 0.6) is 0 Å². The number of rotatable bonds is 6. The molecule has 18 heavy (non-hydrogen) atoms. The molecule has 0 aliphatic rings. The molecule has 0 radical (unpaired) electrons. The topological polar surface area (TPSA) is 85.5 Å². The molecule has 1 aromatic heterocycles. The van der Waals surface area contributed by atoms with Crippen LogP contribution in [0.1, 0.15) is 5.69 Å². The highest BCUT2D eigenvalue weighted by Crippen LogP contribution is 2.13. The summed E-state index contributed by atoms with van der Waals surface area (Å²) in [4.78, 5) is 4.13. The molecule has 0 bridgehead atoms.